The molecule has 0 radical (unpaired) electrons. The summed E-state index contributed by atoms with van der Waals surface area (Å²) in [6.45, 7) is 5.06. The van der Waals surface area contributed by atoms with Crippen molar-refractivity contribution in [3.63, 3.8) is 0 Å². The molecule has 5 nitrogen and oxygen atoms in total. The fourth-order valence-electron chi connectivity index (χ4n) is 1.28. The lowest BCUT2D eigenvalue weighted by Crippen LogP contribution is -2.14. The van der Waals surface area contributed by atoms with Crippen molar-refractivity contribution in [1.29, 1.82) is 5.26 Å². The fourth-order valence-corrected chi connectivity index (χ4v) is 1.47. The van der Waals surface area contributed by atoms with E-state index in [2.05, 4.69) is 11.4 Å². The topological polar surface area (TPSA) is 71.7 Å². The average molecular weight is 263 g/mol. The Kier molecular flexibility index (Phi) is 13.6. The van der Waals surface area contributed by atoms with Crippen LogP contribution in [0.4, 0.5) is 0 Å². The largest absolute Gasteiger partial charge is 0.379 e. The molecule has 1 N–H and O–H groups in total. The van der Waals surface area contributed by atoms with Crippen molar-refractivity contribution >= 4 is 9.03 Å². The maximum atomic E-state index is 7.99. The molecule has 0 spiro atoms. The van der Waals surface area contributed by atoms with Gasteiger partial charge in [-0.2, -0.15) is 5.26 Å². The van der Waals surface area contributed by atoms with Gasteiger partial charge >= 0.3 is 0 Å². The molecule has 0 aromatic rings. The van der Waals surface area contributed by atoms with Gasteiger partial charge in [0, 0.05) is 13.2 Å². The number of rotatable bonds is 7. The first-order valence-electron chi connectivity index (χ1n) is 5.92. The molecule has 6 heteroatoms. The van der Waals surface area contributed by atoms with E-state index < -0.39 is 9.03 Å². The molecule has 1 aliphatic rings. The van der Waals surface area contributed by atoms with E-state index in [0.717, 1.165) is 26.2 Å². The van der Waals surface area contributed by atoms with Crippen LogP contribution in [0.3, 0.4) is 0 Å². The molecule has 1 heterocycles. The summed E-state index contributed by atoms with van der Waals surface area (Å²) in [5.74, 6) is 0. The highest BCUT2D eigenvalue weighted by molar-refractivity contribution is 7.24. The SMILES string of the molecule is CCCOCC1CCCO1.N#CCCOPO. The second kappa shape index (κ2) is 13.8. The van der Waals surface area contributed by atoms with Crippen LogP contribution in [0, 0.1) is 11.3 Å². The molecule has 1 rings (SSSR count). The number of ether oxygens (including phenoxy) is 2. The number of hydrogen-bond acceptors (Lipinski definition) is 5. The predicted molar refractivity (Wildman–Crippen MR) is 66.8 cm³/mol. The summed E-state index contributed by atoms with van der Waals surface area (Å²) in [4.78, 5) is 7.99. The molecular weight excluding hydrogens is 241 g/mol. The number of hydrogen-bond donors (Lipinski definition) is 1. The Morgan fingerprint density at radius 1 is 1.53 bits per heavy atom. The third kappa shape index (κ3) is 12.0. The van der Waals surface area contributed by atoms with Gasteiger partial charge < -0.3 is 18.9 Å². The van der Waals surface area contributed by atoms with E-state index in [1.54, 1.807) is 0 Å². The Bertz CT molecular complexity index is 192. The maximum absolute atomic E-state index is 7.99. The lowest BCUT2D eigenvalue weighted by atomic mass is 10.2. The summed E-state index contributed by atoms with van der Waals surface area (Å²) < 4.78 is 15.2. The molecule has 0 saturated carbocycles. The van der Waals surface area contributed by atoms with E-state index >= 15 is 0 Å². The van der Waals surface area contributed by atoms with Crippen LogP contribution in [-0.2, 0) is 14.0 Å². The summed E-state index contributed by atoms with van der Waals surface area (Å²) in [6.07, 6.45) is 4.25. The van der Waals surface area contributed by atoms with Crippen LogP contribution in [0.5, 0.6) is 0 Å². The zero-order chi connectivity index (χ0) is 12.8. The first-order valence-corrected chi connectivity index (χ1v) is 6.77. The number of nitriles is 1. The second-order valence-corrected chi connectivity index (χ2v) is 4.03. The fraction of sp³-hybridized carbons (Fsp3) is 0.909. The summed E-state index contributed by atoms with van der Waals surface area (Å²) in [5.41, 5.74) is 0. The van der Waals surface area contributed by atoms with Gasteiger partial charge in [0.25, 0.3) is 0 Å². The number of nitrogens with zero attached hydrogens (tertiary/aromatic N) is 1. The molecule has 1 saturated heterocycles. The normalized spacial score (nSPS) is 19.0. The van der Waals surface area contributed by atoms with E-state index in [-0.39, 0.29) is 0 Å². The molecule has 0 aliphatic carbocycles. The van der Waals surface area contributed by atoms with E-state index in [1.165, 1.54) is 12.8 Å². The molecule has 1 fully saturated rings. The Morgan fingerprint density at radius 2 is 2.35 bits per heavy atom. The maximum Gasteiger partial charge on any atom is 0.152 e. The van der Waals surface area contributed by atoms with Gasteiger partial charge in [0.05, 0.1) is 31.8 Å². The molecule has 0 aromatic heterocycles. The Hall–Kier alpha value is -0.240. The van der Waals surface area contributed by atoms with Gasteiger partial charge in [-0.25, -0.2) is 0 Å². The average Bonchev–Trinajstić information content (AvgIpc) is 2.84. The minimum atomic E-state index is -0.483. The van der Waals surface area contributed by atoms with E-state index in [0.29, 0.717) is 19.1 Å². The molecule has 100 valence electrons. The van der Waals surface area contributed by atoms with Gasteiger partial charge in [0.1, 0.15) is 0 Å². The summed E-state index contributed by atoms with van der Waals surface area (Å²) in [6, 6.07) is 1.87. The highest BCUT2D eigenvalue weighted by atomic mass is 31.1. The standard InChI is InChI=1S/C8H16O2.C3H6NO2P/c1-2-5-9-7-8-4-3-6-10-8;4-2-1-3-6-7-5/h8H,2-7H2,1H3;5,7H,1,3H2. The lowest BCUT2D eigenvalue weighted by Gasteiger charge is -2.08. The zero-order valence-corrected chi connectivity index (χ0v) is 11.4. The van der Waals surface area contributed by atoms with Crippen molar-refractivity contribution in [3.05, 3.63) is 0 Å². The Balaban J connectivity index is 0.000000325. The van der Waals surface area contributed by atoms with E-state index in [1.807, 2.05) is 6.07 Å². The minimum Gasteiger partial charge on any atom is -0.379 e. The van der Waals surface area contributed by atoms with Crippen molar-refractivity contribution < 1.29 is 18.9 Å². The molecule has 2 atom stereocenters. The van der Waals surface area contributed by atoms with Crippen LogP contribution in [-0.4, -0.2) is 37.4 Å². The van der Waals surface area contributed by atoms with Crippen molar-refractivity contribution in [3.8, 4) is 6.07 Å². The molecule has 0 aromatic carbocycles. The van der Waals surface area contributed by atoms with Gasteiger partial charge in [-0.3, -0.25) is 0 Å². The quantitative estimate of drug-likeness (QED) is 0.562. The Labute approximate surface area is 105 Å². The van der Waals surface area contributed by atoms with Crippen molar-refractivity contribution in [2.24, 2.45) is 0 Å². The van der Waals surface area contributed by atoms with Crippen LogP contribution in [0.2, 0.25) is 0 Å². The zero-order valence-electron chi connectivity index (χ0n) is 10.4. The van der Waals surface area contributed by atoms with Crippen LogP contribution in [0.25, 0.3) is 0 Å². The molecule has 1 aliphatic heterocycles. The molecular formula is C11H22NO4P. The van der Waals surface area contributed by atoms with E-state index in [9.17, 15) is 0 Å². The van der Waals surface area contributed by atoms with Crippen LogP contribution < -0.4 is 0 Å². The second-order valence-electron chi connectivity index (χ2n) is 3.56. The van der Waals surface area contributed by atoms with Gasteiger partial charge in [-0.05, 0) is 19.3 Å². The van der Waals surface area contributed by atoms with Crippen molar-refractivity contribution in [2.45, 2.75) is 38.7 Å². The van der Waals surface area contributed by atoms with Gasteiger partial charge in [0.15, 0.2) is 9.03 Å². The predicted octanol–water partition coefficient (Wildman–Crippen LogP) is 2.01. The summed E-state index contributed by atoms with van der Waals surface area (Å²) >= 11 is 0. The van der Waals surface area contributed by atoms with Crippen LogP contribution >= 0.6 is 9.03 Å². The minimum absolute atomic E-state index is 0.339. The summed E-state index contributed by atoms with van der Waals surface area (Å²) in [5, 5.41) is 7.88. The van der Waals surface area contributed by atoms with E-state index in [4.69, 9.17) is 19.6 Å². The lowest BCUT2D eigenvalue weighted by molar-refractivity contribution is 0.0175. The van der Waals surface area contributed by atoms with Crippen molar-refractivity contribution in [2.75, 3.05) is 26.4 Å². The monoisotopic (exact) mass is 263 g/mol. The third-order valence-corrected chi connectivity index (χ3v) is 2.39. The van der Waals surface area contributed by atoms with Crippen LogP contribution in [0.15, 0.2) is 0 Å². The highest BCUT2D eigenvalue weighted by Gasteiger charge is 2.14. The highest BCUT2D eigenvalue weighted by Crippen LogP contribution is 2.11. The van der Waals surface area contributed by atoms with Gasteiger partial charge in [-0.1, -0.05) is 6.92 Å². The summed E-state index contributed by atoms with van der Waals surface area (Å²) in [7, 11) is -0.483. The first kappa shape index (κ1) is 16.8. The molecule has 0 amide bonds. The first-order chi connectivity index (χ1) is 8.35. The third-order valence-electron chi connectivity index (χ3n) is 2.06. The van der Waals surface area contributed by atoms with Gasteiger partial charge in [-0.15, -0.1) is 0 Å². The van der Waals surface area contributed by atoms with Gasteiger partial charge in [0.2, 0.25) is 0 Å². The van der Waals surface area contributed by atoms with Crippen molar-refractivity contribution in [1.82, 2.24) is 0 Å². The smallest absolute Gasteiger partial charge is 0.152 e. The molecule has 2 unspecified atom stereocenters. The van der Waals surface area contributed by atoms with Crippen LogP contribution in [0.1, 0.15) is 32.6 Å². The molecule has 0 bridgehead atoms. The molecule has 17 heavy (non-hydrogen) atoms. The Morgan fingerprint density at radius 3 is 2.88 bits per heavy atom.